The monoisotopic (exact) mass is 952 g/mol. The Hall–Kier alpha value is -6.71. The van der Waals surface area contributed by atoms with Crippen molar-refractivity contribution < 1.29 is 24.6 Å². The lowest BCUT2D eigenvalue weighted by Gasteiger charge is -2.56. The molecule has 70 heavy (non-hydrogen) atoms. The van der Waals surface area contributed by atoms with Crippen LogP contribution in [0.15, 0.2) is 67.0 Å². The highest BCUT2D eigenvalue weighted by Crippen LogP contribution is 2.51. The van der Waals surface area contributed by atoms with Gasteiger partial charge in [0.15, 0.2) is 5.82 Å². The van der Waals surface area contributed by atoms with Gasteiger partial charge in [-0.15, -0.1) is 16.6 Å². The van der Waals surface area contributed by atoms with Crippen molar-refractivity contribution in [3.05, 3.63) is 78.1 Å². The van der Waals surface area contributed by atoms with Crippen LogP contribution in [-0.2, 0) is 16.1 Å². The molecular formula is C52H65N13O5. The first-order chi connectivity index (χ1) is 33.7. The van der Waals surface area contributed by atoms with E-state index in [1.165, 1.54) is 4.90 Å². The van der Waals surface area contributed by atoms with Crippen molar-refractivity contribution in [3.8, 4) is 29.4 Å². The molecule has 10 rings (SSSR count). The van der Waals surface area contributed by atoms with Gasteiger partial charge in [-0.05, 0) is 72.4 Å². The van der Waals surface area contributed by atoms with Crippen molar-refractivity contribution in [1.82, 2.24) is 45.5 Å². The van der Waals surface area contributed by atoms with Gasteiger partial charge in [-0.1, -0.05) is 51.0 Å². The van der Waals surface area contributed by atoms with Gasteiger partial charge in [-0.2, -0.15) is 0 Å². The number of fused-ring (bicyclic) bond motifs is 3. The van der Waals surface area contributed by atoms with E-state index in [4.69, 9.17) is 16.4 Å². The van der Waals surface area contributed by atoms with Gasteiger partial charge in [0.25, 0.3) is 0 Å². The fourth-order valence-electron chi connectivity index (χ4n) is 11.4. The average molecular weight is 952 g/mol. The average Bonchev–Trinajstić information content (AvgIpc) is 3.77. The third-order valence-corrected chi connectivity index (χ3v) is 15.6. The number of phenols is 1. The first kappa shape index (κ1) is 47.0. The number of hydrogen-bond acceptors (Lipinski definition) is 14. The SMILES string of the molecule is C#Cc1ccc(CNC(=O)[C@@H]2C[C@@H](O)CN2C(=O)[C@@H](NC(=O)N2CCN(C3CC4(CCN(c5cnc(N6CCN7c8cc(-c9ccccc9O)nnc8NC[C@H]7C6)nc5)CC4)C3)CC2)C(C)(C)C)cc1. The van der Waals surface area contributed by atoms with Gasteiger partial charge in [0, 0.05) is 102 Å². The van der Waals surface area contributed by atoms with Crippen molar-refractivity contribution >= 4 is 41.0 Å². The molecule has 4 aromatic rings. The predicted molar refractivity (Wildman–Crippen MR) is 267 cm³/mol. The number of carbonyl (C=O) groups is 3. The molecule has 5 fully saturated rings. The fourth-order valence-corrected chi connectivity index (χ4v) is 11.4. The minimum atomic E-state index is -0.892. The first-order valence-electron chi connectivity index (χ1n) is 24.8. The highest BCUT2D eigenvalue weighted by Gasteiger charge is 2.49. The van der Waals surface area contributed by atoms with Gasteiger partial charge in [-0.3, -0.25) is 14.5 Å². The molecule has 1 saturated carbocycles. The number of aliphatic hydroxyl groups is 1. The summed E-state index contributed by atoms with van der Waals surface area (Å²) in [5.74, 6) is 3.54. The van der Waals surface area contributed by atoms with E-state index in [0.29, 0.717) is 35.8 Å². The highest BCUT2D eigenvalue weighted by atomic mass is 16.3. The van der Waals surface area contributed by atoms with Crippen LogP contribution in [0.25, 0.3) is 11.3 Å². The van der Waals surface area contributed by atoms with Crippen molar-refractivity contribution in [1.29, 1.82) is 0 Å². The molecule has 2 aromatic heterocycles. The number of nitrogens with zero attached hydrogens (tertiary/aromatic N) is 10. The third-order valence-electron chi connectivity index (χ3n) is 15.6. The molecule has 368 valence electrons. The Morgan fingerprint density at radius 1 is 0.900 bits per heavy atom. The number of β-amino-alcohol motifs (C(OH)–C–C–N with tert-alkyl or cyclic N) is 1. The van der Waals surface area contributed by atoms with Crippen LogP contribution >= 0.6 is 0 Å². The van der Waals surface area contributed by atoms with E-state index < -0.39 is 23.6 Å². The van der Waals surface area contributed by atoms with Gasteiger partial charge in [0.05, 0.1) is 41.6 Å². The number of piperazine rings is 2. The second-order valence-electron chi connectivity index (χ2n) is 21.2. The normalized spacial score (nSPS) is 22.8. The van der Waals surface area contributed by atoms with Crippen LogP contribution in [0.1, 0.15) is 64.0 Å². The zero-order valence-electron chi connectivity index (χ0n) is 40.4. The van der Waals surface area contributed by atoms with E-state index >= 15 is 0 Å². The van der Waals surface area contributed by atoms with Crippen LogP contribution in [0.4, 0.5) is 27.9 Å². The number of phenolic OH excluding ortho intramolecular Hbond substituents is 1. The summed E-state index contributed by atoms with van der Waals surface area (Å²) in [4.78, 5) is 64.0. The number of piperidine rings is 1. The van der Waals surface area contributed by atoms with Crippen molar-refractivity contribution in [2.45, 2.75) is 89.7 Å². The van der Waals surface area contributed by atoms with Crippen LogP contribution in [0.3, 0.4) is 0 Å². The predicted octanol–water partition coefficient (Wildman–Crippen LogP) is 3.51. The second-order valence-corrected chi connectivity index (χ2v) is 21.2. The Labute approximate surface area is 409 Å². The number of aromatic hydroxyl groups is 1. The molecule has 4 atom stereocenters. The fraction of sp³-hybridized carbons (Fsp3) is 0.519. The van der Waals surface area contributed by atoms with Gasteiger partial charge in [-0.25, -0.2) is 14.8 Å². The maximum Gasteiger partial charge on any atom is 0.318 e. The van der Waals surface area contributed by atoms with Crippen molar-refractivity contribution in [2.24, 2.45) is 10.8 Å². The van der Waals surface area contributed by atoms with Crippen molar-refractivity contribution in [3.63, 3.8) is 0 Å². The first-order valence-corrected chi connectivity index (χ1v) is 24.8. The molecule has 0 bridgehead atoms. The second kappa shape index (κ2) is 19.2. The summed E-state index contributed by atoms with van der Waals surface area (Å²) >= 11 is 0. The Kier molecular flexibility index (Phi) is 12.9. The number of benzene rings is 2. The van der Waals surface area contributed by atoms with Crippen LogP contribution in [-0.4, -0.2) is 165 Å². The van der Waals surface area contributed by atoms with Gasteiger partial charge >= 0.3 is 6.03 Å². The molecule has 6 aliphatic rings. The summed E-state index contributed by atoms with van der Waals surface area (Å²) in [5.41, 5.74) is 4.66. The number of aliphatic hydroxyl groups excluding tert-OH is 1. The summed E-state index contributed by atoms with van der Waals surface area (Å²) in [6.45, 7) is 13.7. The lowest BCUT2D eigenvalue weighted by Crippen LogP contribution is -2.63. The van der Waals surface area contributed by atoms with E-state index in [1.54, 1.807) is 17.0 Å². The standard InChI is InChI=1S/C52H65N13O5/c1-5-34-10-12-35(13-11-34)28-54-47(68)43-24-39(66)33-65(43)48(69)45(51(2,3)4)57-50(70)62-20-18-61(19-21-62)36-26-52(27-36)14-16-60(17-15-52)37-29-55-49(56-30-37)63-22-23-64-38(32-63)31-53-46-42(64)25-41(58-59-46)40-8-6-7-9-44(40)67/h1,6-13,25,29-30,36,38-39,43,45,66-67H,14-24,26-28,31-33H2,2-4H3,(H,53,59)(H,54,68)(H,57,70)/t38-,39+,43-,45+/m0/s1. The summed E-state index contributed by atoms with van der Waals surface area (Å²) in [7, 11) is 0. The smallest absolute Gasteiger partial charge is 0.318 e. The zero-order chi connectivity index (χ0) is 48.7. The number of nitrogens with one attached hydrogen (secondary N) is 3. The van der Waals surface area contributed by atoms with E-state index in [1.807, 2.05) is 75.6 Å². The number of urea groups is 1. The Morgan fingerprint density at radius 2 is 1.63 bits per heavy atom. The maximum absolute atomic E-state index is 14.2. The molecule has 0 unspecified atom stereocenters. The van der Waals surface area contributed by atoms with E-state index in [-0.39, 0.29) is 49.1 Å². The highest BCUT2D eigenvalue weighted by molar-refractivity contribution is 5.93. The number of para-hydroxylation sites is 1. The minimum absolute atomic E-state index is 0.0226. The van der Waals surface area contributed by atoms with Crippen LogP contribution < -0.4 is 30.7 Å². The van der Waals surface area contributed by atoms with Crippen LogP contribution in [0.5, 0.6) is 5.75 Å². The molecule has 1 aliphatic carbocycles. The number of amides is 4. The molecule has 4 saturated heterocycles. The van der Waals surface area contributed by atoms with Gasteiger partial charge in [0.1, 0.15) is 17.8 Å². The summed E-state index contributed by atoms with van der Waals surface area (Å²) in [6, 6.07) is 15.2. The molecule has 0 radical (unpaired) electrons. The number of aromatic nitrogens is 4. The lowest BCUT2D eigenvalue weighted by atomic mass is 9.60. The third kappa shape index (κ3) is 9.61. The summed E-state index contributed by atoms with van der Waals surface area (Å²) in [6.07, 6.45) is 13.3. The quantitative estimate of drug-likeness (QED) is 0.153. The number of carbonyl (C=O) groups excluding carboxylic acids is 3. The molecule has 1 spiro atoms. The molecule has 5 aliphatic heterocycles. The van der Waals surface area contributed by atoms with Crippen molar-refractivity contribution in [2.75, 3.05) is 92.0 Å². The molecular weight excluding hydrogens is 887 g/mol. The van der Waals surface area contributed by atoms with Gasteiger partial charge < -0.3 is 50.7 Å². The van der Waals surface area contributed by atoms with Crippen LogP contribution in [0.2, 0.25) is 0 Å². The van der Waals surface area contributed by atoms with E-state index in [0.717, 1.165) is 112 Å². The van der Waals surface area contributed by atoms with E-state index in [2.05, 4.69) is 51.7 Å². The topological polar surface area (TPSA) is 199 Å². The number of hydrogen-bond donors (Lipinski definition) is 5. The summed E-state index contributed by atoms with van der Waals surface area (Å²) in [5, 5.41) is 39.3. The maximum atomic E-state index is 14.2. The summed E-state index contributed by atoms with van der Waals surface area (Å²) < 4.78 is 0. The molecule has 7 heterocycles. The molecule has 2 aromatic carbocycles. The zero-order valence-corrected chi connectivity index (χ0v) is 40.4. The largest absolute Gasteiger partial charge is 0.507 e. The number of terminal acetylenes is 1. The molecule has 18 nitrogen and oxygen atoms in total. The molecule has 5 N–H and O–H groups in total. The Morgan fingerprint density at radius 3 is 2.33 bits per heavy atom. The Bertz CT molecular complexity index is 2590. The van der Waals surface area contributed by atoms with Crippen LogP contribution in [0, 0.1) is 23.2 Å². The number of likely N-dealkylation sites (tertiary alicyclic amines) is 1. The van der Waals surface area contributed by atoms with Gasteiger partial charge in [0.2, 0.25) is 17.8 Å². The number of anilines is 4. The lowest BCUT2D eigenvalue weighted by molar-refractivity contribution is -0.142. The molecule has 18 heteroatoms. The molecule has 4 amide bonds. The Balaban J connectivity index is 0.667. The van der Waals surface area contributed by atoms with E-state index in [9.17, 15) is 24.6 Å². The minimum Gasteiger partial charge on any atom is -0.507 e. The number of rotatable bonds is 9.